The SMILES string of the molecule is COC(=O)COc1cccc(CC(C)NCC(O)c2cccc(Cl)c2)c1. The zero-order chi connectivity index (χ0) is 18.9. The lowest BCUT2D eigenvalue weighted by Crippen LogP contribution is -2.32. The number of hydrogen-bond acceptors (Lipinski definition) is 5. The number of hydrogen-bond donors (Lipinski definition) is 2. The van der Waals surface area contributed by atoms with Gasteiger partial charge in [0, 0.05) is 17.6 Å². The molecule has 0 aliphatic rings. The summed E-state index contributed by atoms with van der Waals surface area (Å²) < 4.78 is 9.96. The summed E-state index contributed by atoms with van der Waals surface area (Å²) >= 11 is 5.96. The van der Waals surface area contributed by atoms with Gasteiger partial charge in [0.2, 0.25) is 0 Å². The number of nitrogens with one attached hydrogen (secondary N) is 1. The second kappa shape index (κ2) is 10.2. The average Bonchev–Trinajstić information content (AvgIpc) is 2.64. The van der Waals surface area contributed by atoms with Crippen molar-refractivity contribution in [2.45, 2.75) is 25.5 Å². The molecule has 5 nitrogen and oxygen atoms in total. The summed E-state index contributed by atoms with van der Waals surface area (Å²) in [4.78, 5) is 11.1. The lowest BCUT2D eigenvalue weighted by molar-refractivity contribution is -0.142. The Balaban J connectivity index is 1.83. The number of ether oxygens (including phenoxy) is 2. The molecule has 2 aromatic rings. The van der Waals surface area contributed by atoms with Crippen molar-refractivity contribution in [3.63, 3.8) is 0 Å². The molecule has 140 valence electrons. The summed E-state index contributed by atoms with van der Waals surface area (Å²) in [7, 11) is 1.33. The van der Waals surface area contributed by atoms with Crippen LogP contribution in [0.3, 0.4) is 0 Å². The fraction of sp³-hybridized carbons (Fsp3) is 0.350. The van der Waals surface area contributed by atoms with Gasteiger partial charge in [0.15, 0.2) is 6.61 Å². The first-order chi connectivity index (χ1) is 12.5. The molecule has 0 aliphatic carbocycles. The van der Waals surface area contributed by atoms with Crippen LogP contribution in [0.4, 0.5) is 0 Å². The molecule has 2 N–H and O–H groups in total. The summed E-state index contributed by atoms with van der Waals surface area (Å²) in [6, 6.07) is 15.0. The Labute approximate surface area is 158 Å². The lowest BCUT2D eigenvalue weighted by atomic mass is 10.1. The van der Waals surface area contributed by atoms with Crippen molar-refractivity contribution < 1.29 is 19.4 Å². The first kappa shape index (κ1) is 20.2. The number of methoxy groups -OCH3 is 1. The van der Waals surface area contributed by atoms with Crippen LogP contribution in [-0.2, 0) is 16.0 Å². The van der Waals surface area contributed by atoms with Crippen LogP contribution in [0.25, 0.3) is 0 Å². The Hall–Kier alpha value is -2.08. The molecule has 2 unspecified atom stereocenters. The maximum absolute atomic E-state index is 11.1. The van der Waals surface area contributed by atoms with Gasteiger partial charge in [-0.15, -0.1) is 0 Å². The Kier molecular flexibility index (Phi) is 7.91. The van der Waals surface area contributed by atoms with E-state index in [0.29, 0.717) is 17.3 Å². The van der Waals surface area contributed by atoms with Crippen molar-refractivity contribution in [3.05, 3.63) is 64.7 Å². The van der Waals surface area contributed by atoms with E-state index >= 15 is 0 Å². The summed E-state index contributed by atoms with van der Waals surface area (Å²) in [5.41, 5.74) is 1.86. The molecule has 0 aromatic heterocycles. The van der Waals surface area contributed by atoms with Crippen molar-refractivity contribution in [3.8, 4) is 5.75 Å². The Morgan fingerprint density at radius 2 is 2.00 bits per heavy atom. The Bertz CT molecular complexity index is 722. The Morgan fingerprint density at radius 3 is 2.73 bits per heavy atom. The normalized spacial score (nSPS) is 13.1. The first-order valence-corrected chi connectivity index (χ1v) is 8.81. The number of benzene rings is 2. The van der Waals surface area contributed by atoms with Gasteiger partial charge < -0.3 is 19.9 Å². The zero-order valence-electron chi connectivity index (χ0n) is 14.9. The van der Waals surface area contributed by atoms with Crippen LogP contribution >= 0.6 is 11.6 Å². The van der Waals surface area contributed by atoms with E-state index in [1.54, 1.807) is 18.2 Å². The smallest absolute Gasteiger partial charge is 0.343 e. The van der Waals surface area contributed by atoms with Gasteiger partial charge in [-0.05, 0) is 48.7 Å². The van der Waals surface area contributed by atoms with E-state index in [0.717, 1.165) is 17.5 Å². The standard InChI is InChI=1S/C20H24ClNO4/c1-14(22-12-19(23)16-6-4-7-17(21)11-16)9-15-5-3-8-18(10-15)26-13-20(24)25-2/h3-8,10-11,14,19,22-23H,9,12-13H2,1-2H3. The third-order valence-corrected chi connectivity index (χ3v) is 4.15. The van der Waals surface area contributed by atoms with Gasteiger partial charge in [0.25, 0.3) is 0 Å². The maximum Gasteiger partial charge on any atom is 0.343 e. The van der Waals surface area contributed by atoms with Crippen LogP contribution in [0.1, 0.15) is 24.2 Å². The third kappa shape index (κ3) is 6.67. The van der Waals surface area contributed by atoms with Crippen molar-refractivity contribution >= 4 is 17.6 Å². The Morgan fingerprint density at radius 1 is 1.23 bits per heavy atom. The van der Waals surface area contributed by atoms with E-state index in [1.807, 2.05) is 37.3 Å². The quantitative estimate of drug-likeness (QED) is 0.657. The molecular weight excluding hydrogens is 354 g/mol. The molecule has 0 amide bonds. The molecule has 0 fully saturated rings. The van der Waals surface area contributed by atoms with Crippen LogP contribution in [0.2, 0.25) is 5.02 Å². The zero-order valence-corrected chi connectivity index (χ0v) is 15.7. The van der Waals surface area contributed by atoms with Gasteiger partial charge in [-0.25, -0.2) is 4.79 Å². The van der Waals surface area contributed by atoms with Crippen molar-refractivity contribution in [1.82, 2.24) is 5.32 Å². The minimum Gasteiger partial charge on any atom is -0.482 e. The van der Waals surface area contributed by atoms with E-state index in [-0.39, 0.29) is 12.6 Å². The summed E-state index contributed by atoms with van der Waals surface area (Å²) in [5.74, 6) is 0.208. The highest BCUT2D eigenvalue weighted by Gasteiger charge is 2.11. The molecule has 0 heterocycles. The van der Waals surface area contributed by atoms with Gasteiger partial charge >= 0.3 is 5.97 Å². The van der Waals surface area contributed by atoms with Crippen LogP contribution in [0.5, 0.6) is 5.75 Å². The number of halogens is 1. The van der Waals surface area contributed by atoms with Crippen LogP contribution in [0, 0.1) is 0 Å². The average molecular weight is 378 g/mol. The minimum absolute atomic E-state index is 0.112. The number of rotatable bonds is 9. The van der Waals surface area contributed by atoms with Crippen LogP contribution in [-0.4, -0.2) is 37.4 Å². The molecule has 0 radical (unpaired) electrons. The van der Waals surface area contributed by atoms with Gasteiger partial charge in [0.05, 0.1) is 13.2 Å². The summed E-state index contributed by atoms with van der Waals surface area (Å²) in [6.07, 6.45) is 0.142. The van der Waals surface area contributed by atoms with E-state index in [4.69, 9.17) is 16.3 Å². The van der Waals surface area contributed by atoms with Crippen molar-refractivity contribution in [2.75, 3.05) is 20.3 Å². The fourth-order valence-corrected chi connectivity index (χ4v) is 2.73. The molecule has 0 saturated carbocycles. The summed E-state index contributed by atoms with van der Waals surface area (Å²) in [5, 5.41) is 14.2. The molecule has 0 aliphatic heterocycles. The van der Waals surface area contributed by atoms with E-state index < -0.39 is 12.1 Å². The fourth-order valence-electron chi connectivity index (χ4n) is 2.53. The molecule has 2 atom stereocenters. The molecule has 0 bridgehead atoms. The van der Waals surface area contributed by atoms with Crippen LogP contribution < -0.4 is 10.1 Å². The lowest BCUT2D eigenvalue weighted by Gasteiger charge is -2.18. The predicted molar refractivity (Wildman–Crippen MR) is 102 cm³/mol. The highest BCUT2D eigenvalue weighted by molar-refractivity contribution is 6.30. The number of aliphatic hydroxyl groups excluding tert-OH is 1. The second-order valence-corrected chi connectivity index (χ2v) is 6.53. The van der Waals surface area contributed by atoms with Crippen molar-refractivity contribution in [2.24, 2.45) is 0 Å². The third-order valence-electron chi connectivity index (χ3n) is 3.92. The molecule has 2 aromatic carbocycles. The monoisotopic (exact) mass is 377 g/mol. The second-order valence-electron chi connectivity index (χ2n) is 6.10. The van der Waals surface area contributed by atoms with Gasteiger partial charge in [0.1, 0.15) is 5.75 Å². The number of aliphatic hydroxyl groups is 1. The summed E-state index contributed by atoms with van der Waals surface area (Å²) in [6.45, 7) is 2.37. The molecule has 6 heteroatoms. The molecule has 0 saturated heterocycles. The number of carbonyl (C=O) groups excluding carboxylic acids is 1. The van der Waals surface area contributed by atoms with Gasteiger partial charge in [-0.3, -0.25) is 0 Å². The molecule has 2 rings (SSSR count). The van der Waals surface area contributed by atoms with Crippen molar-refractivity contribution in [1.29, 1.82) is 0 Å². The van der Waals surface area contributed by atoms with E-state index in [9.17, 15) is 9.90 Å². The van der Waals surface area contributed by atoms with Gasteiger partial charge in [-0.2, -0.15) is 0 Å². The molecule has 26 heavy (non-hydrogen) atoms. The largest absolute Gasteiger partial charge is 0.482 e. The minimum atomic E-state index is -0.620. The molecule has 0 spiro atoms. The van der Waals surface area contributed by atoms with E-state index in [2.05, 4.69) is 10.1 Å². The maximum atomic E-state index is 11.1. The topological polar surface area (TPSA) is 67.8 Å². The molecular formula is C20H24ClNO4. The number of carbonyl (C=O) groups is 1. The highest BCUT2D eigenvalue weighted by Crippen LogP contribution is 2.18. The number of esters is 1. The van der Waals surface area contributed by atoms with Crippen LogP contribution in [0.15, 0.2) is 48.5 Å². The van der Waals surface area contributed by atoms with E-state index in [1.165, 1.54) is 7.11 Å². The first-order valence-electron chi connectivity index (χ1n) is 8.43. The predicted octanol–water partition coefficient (Wildman–Crippen LogP) is 3.15. The highest BCUT2D eigenvalue weighted by atomic mass is 35.5. The van der Waals surface area contributed by atoms with Gasteiger partial charge in [-0.1, -0.05) is 35.9 Å².